The van der Waals surface area contributed by atoms with Crippen LogP contribution in [0.15, 0.2) is 30.3 Å². The molecule has 0 saturated carbocycles. The Morgan fingerprint density at radius 3 is 2.63 bits per heavy atom. The summed E-state index contributed by atoms with van der Waals surface area (Å²) in [7, 11) is 0. The van der Waals surface area contributed by atoms with Gasteiger partial charge in [0.2, 0.25) is 5.91 Å². The lowest BCUT2D eigenvalue weighted by Gasteiger charge is -2.36. The van der Waals surface area contributed by atoms with Crippen molar-refractivity contribution in [3.8, 4) is 11.4 Å². The summed E-state index contributed by atoms with van der Waals surface area (Å²) < 4.78 is 5.96. The molecule has 0 N–H and O–H groups in total. The van der Waals surface area contributed by atoms with E-state index in [9.17, 15) is 4.79 Å². The van der Waals surface area contributed by atoms with E-state index in [4.69, 9.17) is 14.7 Å². The molecule has 2 aliphatic rings. The van der Waals surface area contributed by atoms with Crippen molar-refractivity contribution in [2.75, 3.05) is 19.7 Å². The van der Waals surface area contributed by atoms with Gasteiger partial charge >= 0.3 is 0 Å². The van der Waals surface area contributed by atoms with Gasteiger partial charge in [-0.25, -0.2) is 9.97 Å². The minimum Gasteiger partial charge on any atom is -0.376 e. The molecule has 4 rings (SSSR count). The molecule has 2 aliphatic heterocycles. The third-order valence-corrected chi connectivity index (χ3v) is 5.66. The number of fused-ring (bicyclic) bond motifs is 2. The Bertz CT molecular complexity index is 873. The first-order valence-electron chi connectivity index (χ1n) is 9.61. The van der Waals surface area contributed by atoms with Gasteiger partial charge in [0, 0.05) is 35.3 Å². The Balaban J connectivity index is 1.75. The van der Waals surface area contributed by atoms with Crippen LogP contribution in [0.1, 0.15) is 44.1 Å². The molecule has 1 aromatic heterocycles. The van der Waals surface area contributed by atoms with Gasteiger partial charge in [0.15, 0.2) is 5.82 Å². The van der Waals surface area contributed by atoms with Gasteiger partial charge in [-0.15, -0.1) is 0 Å². The van der Waals surface area contributed by atoms with Crippen molar-refractivity contribution in [2.24, 2.45) is 5.41 Å². The molecule has 3 heterocycles. The Morgan fingerprint density at radius 2 is 1.93 bits per heavy atom. The number of likely N-dealkylation sites (tertiary alicyclic amines) is 1. The van der Waals surface area contributed by atoms with Crippen LogP contribution in [0, 0.1) is 12.3 Å². The Labute approximate surface area is 160 Å². The second-order valence-corrected chi connectivity index (χ2v) is 8.83. The summed E-state index contributed by atoms with van der Waals surface area (Å²) in [5, 5.41) is 0. The molecule has 5 nitrogen and oxygen atoms in total. The Morgan fingerprint density at radius 1 is 1.19 bits per heavy atom. The number of aromatic nitrogens is 2. The molecule has 1 spiro atoms. The fourth-order valence-corrected chi connectivity index (χ4v) is 4.17. The molecule has 0 radical (unpaired) electrons. The molecule has 1 saturated heterocycles. The lowest BCUT2D eigenvalue weighted by Crippen LogP contribution is -2.44. The normalized spacial score (nSPS) is 22.1. The van der Waals surface area contributed by atoms with Gasteiger partial charge < -0.3 is 9.64 Å². The molecule has 142 valence electrons. The van der Waals surface area contributed by atoms with Crippen LogP contribution < -0.4 is 0 Å². The zero-order chi connectivity index (χ0) is 19.2. The van der Waals surface area contributed by atoms with E-state index in [-0.39, 0.29) is 16.7 Å². The highest BCUT2D eigenvalue weighted by molar-refractivity contribution is 5.82. The predicted molar refractivity (Wildman–Crippen MR) is 104 cm³/mol. The zero-order valence-electron chi connectivity index (χ0n) is 16.6. The number of hydrogen-bond donors (Lipinski definition) is 0. The molecule has 27 heavy (non-hydrogen) atoms. The van der Waals surface area contributed by atoms with Gasteiger partial charge in [0.25, 0.3) is 0 Å². The molecular formula is C22H27N3O2. The van der Waals surface area contributed by atoms with Crippen molar-refractivity contribution < 1.29 is 9.53 Å². The third kappa shape index (κ3) is 3.14. The maximum Gasteiger partial charge on any atom is 0.227 e. The largest absolute Gasteiger partial charge is 0.376 e. The van der Waals surface area contributed by atoms with E-state index >= 15 is 0 Å². The molecule has 1 aromatic carbocycles. The van der Waals surface area contributed by atoms with E-state index in [0.717, 1.165) is 41.3 Å². The molecule has 1 amide bonds. The third-order valence-electron chi connectivity index (χ3n) is 5.66. The molecule has 0 bridgehead atoms. The van der Waals surface area contributed by atoms with Gasteiger partial charge in [-0.05, 0) is 13.3 Å². The topological polar surface area (TPSA) is 55.3 Å². The van der Waals surface area contributed by atoms with E-state index in [1.165, 1.54) is 0 Å². The van der Waals surface area contributed by atoms with Crippen LogP contribution in [0.2, 0.25) is 0 Å². The summed E-state index contributed by atoms with van der Waals surface area (Å²) >= 11 is 0. The average Bonchev–Trinajstić information content (AvgIpc) is 3.06. The lowest BCUT2D eigenvalue weighted by atomic mass is 9.80. The maximum atomic E-state index is 12.8. The van der Waals surface area contributed by atoms with E-state index in [0.29, 0.717) is 19.8 Å². The van der Waals surface area contributed by atoms with Crippen LogP contribution in [-0.2, 0) is 21.6 Å². The fourth-order valence-electron chi connectivity index (χ4n) is 4.17. The highest BCUT2D eigenvalue weighted by Gasteiger charge is 2.47. The Hall–Kier alpha value is -2.27. The van der Waals surface area contributed by atoms with Crippen LogP contribution in [-0.4, -0.2) is 40.5 Å². The van der Waals surface area contributed by atoms with E-state index < -0.39 is 0 Å². The average molecular weight is 365 g/mol. The molecule has 0 aliphatic carbocycles. The second-order valence-electron chi connectivity index (χ2n) is 8.83. The van der Waals surface area contributed by atoms with Gasteiger partial charge in [-0.2, -0.15) is 0 Å². The smallest absolute Gasteiger partial charge is 0.227 e. The lowest BCUT2D eigenvalue weighted by molar-refractivity contribution is -0.138. The van der Waals surface area contributed by atoms with Crippen molar-refractivity contribution in [1.82, 2.24) is 14.9 Å². The van der Waals surface area contributed by atoms with Crippen molar-refractivity contribution in [2.45, 2.75) is 46.1 Å². The zero-order valence-corrected chi connectivity index (χ0v) is 16.6. The van der Waals surface area contributed by atoms with Crippen molar-refractivity contribution >= 4 is 5.91 Å². The second kappa shape index (κ2) is 6.41. The first kappa shape index (κ1) is 18.1. The highest BCUT2D eigenvalue weighted by atomic mass is 16.5. The van der Waals surface area contributed by atoms with Crippen LogP contribution in [0.25, 0.3) is 11.4 Å². The number of rotatable bonds is 1. The molecule has 1 atom stereocenters. The quantitative estimate of drug-likeness (QED) is 0.776. The molecule has 2 aromatic rings. The number of carbonyl (C=O) groups is 1. The van der Waals surface area contributed by atoms with Crippen molar-refractivity contribution in [3.05, 3.63) is 47.3 Å². The Kier molecular flexibility index (Phi) is 4.30. The summed E-state index contributed by atoms with van der Waals surface area (Å²) in [5.74, 6) is 0.953. The monoisotopic (exact) mass is 365 g/mol. The van der Waals surface area contributed by atoms with Gasteiger partial charge in [0.1, 0.15) is 0 Å². The number of amides is 1. The van der Waals surface area contributed by atoms with Gasteiger partial charge in [0.05, 0.1) is 24.3 Å². The summed E-state index contributed by atoms with van der Waals surface area (Å²) in [6.45, 7) is 10.5. The predicted octanol–water partition coefficient (Wildman–Crippen LogP) is 3.50. The number of carbonyl (C=O) groups excluding carboxylic acids is 1. The minimum absolute atomic E-state index is 0.195. The number of hydrogen-bond acceptors (Lipinski definition) is 4. The SMILES string of the molecule is Cc1nc(-c2ccccc2)nc2c1COCC21CCN(C(=O)C(C)(C)C)C1. The molecule has 5 heteroatoms. The van der Waals surface area contributed by atoms with E-state index in [2.05, 4.69) is 0 Å². The number of ether oxygens (including phenoxy) is 1. The van der Waals surface area contributed by atoms with Crippen LogP contribution in [0.5, 0.6) is 0 Å². The van der Waals surface area contributed by atoms with Gasteiger partial charge in [-0.3, -0.25) is 4.79 Å². The number of nitrogens with zero attached hydrogens (tertiary/aromatic N) is 3. The summed E-state index contributed by atoms with van der Waals surface area (Å²) in [6, 6.07) is 10.1. The summed E-state index contributed by atoms with van der Waals surface area (Å²) in [6.07, 6.45) is 0.881. The van der Waals surface area contributed by atoms with Crippen LogP contribution >= 0.6 is 0 Å². The van der Waals surface area contributed by atoms with Gasteiger partial charge in [-0.1, -0.05) is 51.1 Å². The first-order chi connectivity index (χ1) is 12.8. The fraction of sp³-hybridized carbons (Fsp3) is 0.500. The first-order valence-corrected chi connectivity index (χ1v) is 9.61. The molecule has 1 fully saturated rings. The maximum absolute atomic E-state index is 12.8. The van der Waals surface area contributed by atoms with Crippen molar-refractivity contribution in [3.63, 3.8) is 0 Å². The molecular weight excluding hydrogens is 338 g/mol. The van der Waals surface area contributed by atoms with E-state index in [1.807, 2.05) is 62.9 Å². The number of benzene rings is 1. The summed E-state index contributed by atoms with van der Waals surface area (Å²) in [4.78, 5) is 24.5. The summed E-state index contributed by atoms with van der Waals surface area (Å²) in [5.41, 5.74) is 3.55. The minimum atomic E-state index is -0.374. The van der Waals surface area contributed by atoms with Crippen LogP contribution in [0.3, 0.4) is 0 Å². The van der Waals surface area contributed by atoms with Crippen molar-refractivity contribution in [1.29, 1.82) is 0 Å². The molecule has 1 unspecified atom stereocenters. The van der Waals surface area contributed by atoms with E-state index in [1.54, 1.807) is 0 Å². The van der Waals surface area contributed by atoms with Crippen LogP contribution in [0.4, 0.5) is 0 Å². The highest BCUT2D eigenvalue weighted by Crippen LogP contribution is 2.41. The standard InChI is InChI=1S/C22H27N3O2/c1-15-17-12-27-14-22(10-11-25(13-22)20(26)21(2,3)4)18(17)24-19(23-15)16-8-6-5-7-9-16/h5-9H,10-14H2,1-4H3. The number of aryl methyl sites for hydroxylation is 1.